The van der Waals surface area contributed by atoms with Gasteiger partial charge in [-0.3, -0.25) is 4.79 Å². The van der Waals surface area contributed by atoms with Gasteiger partial charge in [0.2, 0.25) is 5.16 Å². The van der Waals surface area contributed by atoms with Gasteiger partial charge in [-0.1, -0.05) is 72.4 Å². The van der Waals surface area contributed by atoms with Crippen LogP contribution in [0.15, 0.2) is 71.9 Å². The van der Waals surface area contributed by atoms with Crippen molar-refractivity contribution in [2.24, 2.45) is 0 Å². The van der Waals surface area contributed by atoms with Gasteiger partial charge < -0.3 is 9.30 Å². The van der Waals surface area contributed by atoms with E-state index in [-0.39, 0.29) is 11.5 Å². The van der Waals surface area contributed by atoms with Crippen LogP contribution < -0.4 is 0 Å². The summed E-state index contributed by atoms with van der Waals surface area (Å²) in [6.07, 6.45) is 0.908. The molecule has 0 N–H and O–H groups in total. The molecule has 7 heteroatoms. The zero-order valence-corrected chi connectivity index (χ0v) is 20.5. The maximum absolute atomic E-state index is 13.0. The van der Waals surface area contributed by atoms with Crippen LogP contribution in [-0.4, -0.2) is 45.0 Å². The molecule has 174 valence electrons. The SMILES string of the molecule is COCCCn1c(C)cc(C(=O)CSc2nnc(-c3ccccc3)c(-c3ccccc3)n2)c1C. The summed E-state index contributed by atoms with van der Waals surface area (Å²) in [6, 6.07) is 21.8. The van der Waals surface area contributed by atoms with Crippen LogP contribution >= 0.6 is 11.8 Å². The molecule has 0 bridgehead atoms. The molecule has 0 radical (unpaired) electrons. The molecule has 6 nitrogen and oxygen atoms in total. The summed E-state index contributed by atoms with van der Waals surface area (Å²) in [5.41, 5.74) is 6.22. The minimum Gasteiger partial charge on any atom is -0.385 e. The van der Waals surface area contributed by atoms with E-state index in [0.29, 0.717) is 11.8 Å². The first-order valence-corrected chi connectivity index (χ1v) is 12.2. The van der Waals surface area contributed by atoms with Gasteiger partial charge in [0.15, 0.2) is 5.78 Å². The molecule has 4 rings (SSSR count). The number of carbonyl (C=O) groups excluding carboxylic acids is 1. The van der Waals surface area contributed by atoms with Crippen LogP contribution in [0.2, 0.25) is 0 Å². The number of thioether (sulfide) groups is 1. The van der Waals surface area contributed by atoms with E-state index in [1.54, 1.807) is 7.11 Å². The Bertz CT molecular complexity index is 1260. The van der Waals surface area contributed by atoms with Gasteiger partial charge in [-0.2, -0.15) is 0 Å². The number of ketones is 1. The lowest BCUT2D eigenvalue weighted by Gasteiger charge is -2.10. The molecule has 2 aromatic heterocycles. The Balaban J connectivity index is 1.55. The molecule has 4 aromatic rings. The predicted octanol–water partition coefficient (Wildman–Crippen LogP) is 5.64. The van der Waals surface area contributed by atoms with E-state index >= 15 is 0 Å². The van der Waals surface area contributed by atoms with Crippen LogP contribution in [-0.2, 0) is 11.3 Å². The number of carbonyl (C=O) groups is 1. The zero-order chi connectivity index (χ0) is 23.9. The lowest BCUT2D eigenvalue weighted by Crippen LogP contribution is -2.08. The first kappa shape index (κ1) is 23.9. The number of aryl methyl sites for hydroxylation is 1. The van der Waals surface area contributed by atoms with Gasteiger partial charge >= 0.3 is 0 Å². The smallest absolute Gasteiger partial charge is 0.210 e. The number of nitrogens with zero attached hydrogens (tertiary/aromatic N) is 4. The summed E-state index contributed by atoms with van der Waals surface area (Å²) in [7, 11) is 1.70. The van der Waals surface area contributed by atoms with Crippen LogP contribution in [0.3, 0.4) is 0 Å². The molecule has 0 aliphatic rings. The van der Waals surface area contributed by atoms with Crippen LogP contribution in [0.25, 0.3) is 22.5 Å². The summed E-state index contributed by atoms with van der Waals surface area (Å²) in [6.45, 7) is 5.56. The fourth-order valence-electron chi connectivity index (χ4n) is 3.96. The van der Waals surface area contributed by atoms with Crippen molar-refractivity contribution in [3.63, 3.8) is 0 Å². The molecular weight excluding hydrogens is 444 g/mol. The highest BCUT2D eigenvalue weighted by Gasteiger charge is 2.18. The second-order valence-electron chi connectivity index (χ2n) is 8.02. The second kappa shape index (κ2) is 11.2. The fraction of sp³-hybridized carbons (Fsp3) is 0.259. The standard InChI is InChI=1S/C27H28N4O2S/c1-19-17-23(20(2)31(19)15-10-16-33-3)24(32)18-34-27-28-25(21-11-6-4-7-12-21)26(29-30-27)22-13-8-5-9-14-22/h4-9,11-14,17H,10,15-16,18H2,1-3H3. The molecule has 0 fully saturated rings. The van der Waals surface area contributed by atoms with E-state index in [1.165, 1.54) is 11.8 Å². The highest BCUT2D eigenvalue weighted by atomic mass is 32.2. The topological polar surface area (TPSA) is 69.9 Å². The maximum atomic E-state index is 13.0. The zero-order valence-electron chi connectivity index (χ0n) is 19.7. The fourth-order valence-corrected chi connectivity index (χ4v) is 4.63. The van der Waals surface area contributed by atoms with E-state index in [1.807, 2.05) is 80.6 Å². The monoisotopic (exact) mass is 472 g/mol. The molecule has 0 atom stereocenters. The van der Waals surface area contributed by atoms with E-state index in [9.17, 15) is 4.79 Å². The van der Waals surface area contributed by atoms with Gasteiger partial charge in [0.25, 0.3) is 0 Å². The van der Waals surface area contributed by atoms with Crippen LogP contribution in [0, 0.1) is 13.8 Å². The summed E-state index contributed by atoms with van der Waals surface area (Å²) < 4.78 is 7.34. The minimum atomic E-state index is 0.0630. The van der Waals surface area contributed by atoms with Crippen LogP contribution in [0.1, 0.15) is 28.2 Å². The molecule has 0 unspecified atom stereocenters. The average Bonchev–Trinajstić information content (AvgIpc) is 3.17. The van der Waals surface area contributed by atoms with E-state index in [2.05, 4.69) is 14.8 Å². The number of hydrogen-bond acceptors (Lipinski definition) is 6. The largest absolute Gasteiger partial charge is 0.385 e. The molecule has 0 spiro atoms. The number of benzene rings is 2. The van der Waals surface area contributed by atoms with Crippen molar-refractivity contribution >= 4 is 17.5 Å². The molecule has 2 aromatic carbocycles. The van der Waals surface area contributed by atoms with Gasteiger partial charge in [-0.15, -0.1) is 10.2 Å². The maximum Gasteiger partial charge on any atom is 0.210 e. The van der Waals surface area contributed by atoms with Gasteiger partial charge in [0, 0.05) is 48.3 Å². The van der Waals surface area contributed by atoms with Gasteiger partial charge in [0.1, 0.15) is 11.4 Å². The van der Waals surface area contributed by atoms with Crippen LogP contribution in [0.4, 0.5) is 0 Å². The molecule has 0 saturated carbocycles. The summed E-state index contributed by atoms with van der Waals surface area (Å²) in [5, 5.41) is 9.31. The first-order valence-electron chi connectivity index (χ1n) is 11.3. The lowest BCUT2D eigenvalue weighted by atomic mass is 10.0. The number of methoxy groups -OCH3 is 1. The Morgan fingerprint density at radius 1 is 0.941 bits per heavy atom. The van der Waals surface area contributed by atoms with E-state index < -0.39 is 0 Å². The Morgan fingerprint density at radius 2 is 1.59 bits per heavy atom. The molecule has 0 aliphatic carbocycles. The molecule has 0 saturated heterocycles. The number of ether oxygens (including phenoxy) is 1. The number of Topliss-reactive ketones (excluding diaryl/α,β-unsaturated/α-hetero) is 1. The highest BCUT2D eigenvalue weighted by molar-refractivity contribution is 7.99. The van der Waals surface area contributed by atoms with Crippen molar-refractivity contribution in [1.29, 1.82) is 0 Å². The van der Waals surface area contributed by atoms with Crippen molar-refractivity contribution in [3.05, 3.63) is 83.7 Å². The molecular formula is C27H28N4O2S. The van der Waals surface area contributed by atoms with Crippen molar-refractivity contribution in [2.75, 3.05) is 19.5 Å². The second-order valence-corrected chi connectivity index (χ2v) is 8.96. The molecule has 2 heterocycles. The summed E-state index contributed by atoms with van der Waals surface area (Å²) in [5.74, 6) is 0.316. The Hall–Kier alpha value is -3.29. The summed E-state index contributed by atoms with van der Waals surface area (Å²) >= 11 is 1.32. The van der Waals surface area contributed by atoms with E-state index in [4.69, 9.17) is 9.72 Å². The average molecular weight is 473 g/mol. The lowest BCUT2D eigenvalue weighted by molar-refractivity contribution is 0.102. The van der Waals surface area contributed by atoms with Crippen LogP contribution in [0.5, 0.6) is 0 Å². The molecule has 0 aliphatic heterocycles. The number of hydrogen-bond donors (Lipinski definition) is 0. The molecule has 34 heavy (non-hydrogen) atoms. The quantitative estimate of drug-likeness (QED) is 0.169. The first-order chi connectivity index (χ1) is 16.6. The van der Waals surface area contributed by atoms with Crippen molar-refractivity contribution < 1.29 is 9.53 Å². The Labute approximate surface area is 204 Å². The third-order valence-corrected chi connectivity index (χ3v) is 6.54. The Morgan fingerprint density at radius 3 is 2.24 bits per heavy atom. The summed E-state index contributed by atoms with van der Waals surface area (Å²) in [4.78, 5) is 17.8. The number of rotatable bonds is 10. The van der Waals surface area contributed by atoms with Gasteiger partial charge in [-0.05, 0) is 26.3 Å². The predicted molar refractivity (Wildman–Crippen MR) is 136 cm³/mol. The third-order valence-electron chi connectivity index (χ3n) is 5.70. The van der Waals surface area contributed by atoms with Crippen molar-refractivity contribution in [3.8, 4) is 22.5 Å². The van der Waals surface area contributed by atoms with Gasteiger partial charge in [0.05, 0.1) is 5.75 Å². The van der Waals surface area contributed by atoms with Crippen molar-refractivity contribution in [2.45, 2.75) is 32.0 Å². The minimum absolute atomic E-state index is 0.0630. The van der Waals surface area contributed by atoms with Crippen molar-refractivity contribution in [1.82, 2.24) is 19.7 Å². The molecule has 0 amide bonds. The normalized spacial score (nSPS) is 11.0. The highest BCUT2D eigenvalue weighted by Crippen LogP contribution is 2.30. The Kier molecular flexibility index (Phi) is 7.87. The van der Waals surface area contributed by atoms with E-state index in [0.717, 1.165) is 52.4 Å². The number of aromatic nitrogens is 4. The third kappa shape index (κ3) is 5.43. The van der Waals surface area contributed by atoms with Gasteiger partial charge in [-0.25, -0.2) is 4.98 Å².